The van der Waals surface area contributed by atoms with Crippen molar-refractivity contribution in [2.24, 2.45) is 0 Å². The summed E-state index contributed by atoms with van der Waals surface area (Å²) in [5.74, 6) is 0. The van der Waals surface area contributed by atoms with Crippen LogP contribution in [0.5, 0.6) is 0 Å². The summed E-state index contributed by atoms with van der Waals surface area (Å²) >= 11 is 0. The van der Waals surface area contributed by atoms with Gasteiger partial charge in [-0.3, -0.25) is 4.90 Å². The molecule has 0 atom stereocenters. The Bertz CT molecular complexity index is 63.7. The van der Waals surface area contributed by atoms with Crippen LogP contribution in [-0.4, -0.2) is 29.0 Å². The molecule has 0 aliphatic carbocycles. The lowest BCUT2D eigenvalue weighted by Crippen LogP contribution is -2.36. The summed E-state index contributed by atoms with van der Waals surface area (Å²) in [5.41, 5.74) is 0. The quantitative estimate of drug-likeness (QED) is 0.592. The predicted octanol–water partition coefficient (Wildman–Crippen LogP) is 1.30. The van der Waals surface area contributed by atoms with Crippen molar-refractivity contribution in [2.45, 2.75) is 46.7 Å². The summed E-state index contributed by atoms with van der Waals surface area (Å²) < 4.78 is 0. The lowest BCUT2D eigenvalue weighted by Gasteiger charge is -2.28. The molecule has 0 heterocycles. The van der Waals surface area contributed by atoms with Crippen LogP contribution in [-0.2, 0) is 0 Å². The van der Waals surface area contributed by atoms with Crippen LogP contribution in [0.4, 0.5) is 0 Å². The molecule has 2 nitrogen and oxygen atoms in total. The second kappa shape index (κ2) is 5.69. The molecule has 0 saturated carbocycles. The van der Waals surface area contributed by atoms with E-state index >= 15 is 0 Å². The summed E-state index contributed by atoms with van der Waals surface area (Å²) in [6.07, 6.45) is 0. The SMILES string of the molecule is CCN(C(C)C)C(C)C.O. The predicted molar refractivity (Wildman–Crippen MR) is 46.3 cm³/mol. The van der Waals surface area contributed by atoms with Crippen molar-refractivity contribution >= 4 is 0 Å². The number of hydrogen-bond donors (Lipinski definition) is 0. The smallest absolute Gasteiger partial charge is 0.00411 e. The lowest BCUT2D eigenvalue weighted by atomic mass is 10.2. The van der Waals surface area contributed by atoms with Gasteiger partial charge in [0.25, 0.3) is 0 Å². The van der Waals surface area contributed by atoms with Crippen molar-refractivity contribution < 1.29 is 5.48 Å². The number of rotatable bonds is 3. The van der Waals surface area contributed by atoms with Crippen LogP contribution >= 0.6 is 0 Å². The number of hydrogen-bond acceptors (Lipinski definition) is 1. The van der Waals surface area contributed by atoms with Gasteiger partial charge in [-0.2, -0.15) is 0 Å². The molecule has 10 heavy (non-hydrogen) atoms. The maximum Gasteiger partial charge on any atom is 0.00411 e. The van der Waals surface area contributed by atoms with E-state index in [-0.39, 0.29) is 5.48 Å². The van der Waals surface area contributed by atoms with E-state index in [1.54, 1.807) is 0 Å². The molecule has 0 aliphatic rings. The van der Waals surface area contributed by atoms with Crippen LogP contribution in [0.15, 0.2) is 0 Å². The van der Waals surface area contributed by atoms with Gasteiger partial charge in [0.15, 0.2) is 0 Å². The summed E-state index contributed by atoms with van der Waals surface area (Å²) in [4.78, 5) is 2.46. The Kier molecular flexibility index (Phi) is 7.15. The molecule has 0 fully saturated rings. The van der Waals surface area contributed by atoms with Gasteiger partial charge in [-0.1, -0.05) is 6.92 Å². The fourth-order valence-electron chi connectivity index (χ4n) is 1.33. The standard InChI is InChI=1S/C8H19N.H2O/c1-6-9(7(2)3)8(4)5;/h7-8H,6H2,1-5H3;1H2. The Morgan fingerprint density at radius 2 is 1.30 bits per heavy atom. The molecule has 0 aromatic rings. The van der Waals surface area contributed by atoms with Gasteiger partial charge in [0, 0.05) is 12.1 Å². The largest absolute Gasteiger partial charge is 0.412 e. The first-order valence-corrected chi connectivity index (χ1v) is 3.85. The van der Waals surface area contributed by atoms with Crippen molar-refractivity contribution in [3.8, 4) is 0 Å². The first-order chi connectivity index (χ1) is 4.09. The maximum absolute atomic E-state index is 2.46. The highest BCUT2D eigenvalue weighted by atomic mass is 16.0. The third-order valence-corrected chi connectivity index (χ3v) is 1.69. The highest BCUT2D eigenvalue weighted by Gasteiger charge is 2.08. The molecule has 0 aromatic heterocycles. The second-order valence-corrected chi connectivity index (χ2v) is 3.02. The molecule has 0 aliphatic heterocycles. The van der Waals surface area contributed by atoms with Crippen molar-refractivity contribution in [1.82, 2.24) is 4.90 Å². The van der Waals surface area contributed by atoms with Crippen molar-refractivity contribution in [2.75, 3.05) is 6.54 Å². The molecule has 0 amide bonds. The van der Waals surface area contributed by atoms with Crippen LogP contribution in [0.2, 0.25) is 0 Å². The Hall–Kier alpha value is -0.0800. The maximum atomic E-state index is 2.46. The molecule has 0 aromatic carbocycles. The van der Waals surface area contributed by atoms with Crippen molar-refractivity contribution in [3.05, 3.63) is 0 Å². The molecular weight excluding hydrogens is 126 g/mol. The Morgan fingerprint density at radius 3 is 1.30 bits per heavy atom. The van der Waals surface area contributed by atoms with Crippen LogP contribution in [0.3, 0.4) is 0 Å². The Morgan fingerprint density at radius 1 is 1.00 bits per heavy atom. The minimum Gasteiger partial charge on any atom is -0.412 e. The van der Waals surface area contributed by atoms with Crippen molar-refractivity contribution in [3.63, 3.8) is 0 Å². The minimum absolute atomic E-state index is 0. The monoisotopic (exact) mass is 147 g/mol. The highest BCUT2D eigenvalue weighted by Crippen LogP contribution is 2.02. The van der Waals surface area contributed by atoms with E-state index in [0.717, 1.165) is 6.54 Å². The molecule has 0 saturated heterocycles. The topological polar surface area (TPSA) is 34.7 Å². The molecule has 0 bridgehead atoms. The second-order valence-electron chi connectivity index (χ2n) is 3.02. The zero-order valence-corrected chi connectivity index (χ0v) is 7.81. The fourth-order valence-corrected chi connectivity index (χ4v) is 1.33. The average molecular weight is 147 g/mol. The zero-order chi connectivity index (χ0) is 7.44. The molecule has 0 spiro atoms. The van der Waals surface area contributed by atoms with Gasteiger partial charge in [-0.15, -0.1) is 0 Å². The molecule has 0 unspecified atom stereocenters. The van der Waals surface area contributed by atoms with Crippen LogP contribution < -0.4 is 0 Å². The van der Waals surface area contributed by atoms with Gasteiger partial charge in [-0.25, -0.2) is 0 Å². The van der Waals surface area contributed by atoms with E-state index in [9.17, 15) is 0 Å². The Labute approximate surface area is 64.5 Å². The normalized spacial score (nSPS) is 10.8. The van der Waals surface area contributed by atoms with Crippen LogP contribution in [0.1, 0.15) is 34.6 Å². The van der Waals surface area contributed by atoms with Gasteiger partial charge in [0.05, 0.1) is 0 Å². The average Bonchev–Trinajstić information content (AvgIpc) is 1.64. The van der Waals surface area contributed by atoms with E-state index < -0.39 is 0 Å². The van der Waals surface area contributed by atoms with Gasteiger partial charge >= 0.3 is 0 Å². The molecular formula is C8H21NO. The highest BCUT2D eigenvalue weighted by molar-refractivity contribution is 4.64. The summed E-state index contributed by atoms with van der Waals surface area (Å²) in [6.45, 7) is 12.3. The van der Waals surface area contributed by atoms with E-state index in [0.29, 0.717) is 12.1 Å². The van der Waals surface area contributed by atoms with E-state index in [2.05, 4.69) is 39.5 Å². The first-order valence-electron chi connectivity index (χ1n) is 3.85. The van der Waals surface area contributed by atoms with E-state index in [1.165, 1.54) is 0 Å². The fraction of sp³-hybridized carbons (Fsp3) is 1.00. The number of nitrogens with zero attached hydrogens (tertiary/aromatic N) is 1. The summed E-state index contributed by atoms with van der Waals surface area (Å²) in [7, 11) is 0. The third kappa shape index (κ3) is 3.85. The van der Waals surface area contributed by atoms with Crippen LogP contribution in [0.25, 0.3) is 0 Å². The summed E-state index contributed by atoms with van der Waals surface area (Å²) in [5, 5.41) is 0. The molecule has 64 valence electrons. The Balaban J connectivity index is 0. The van der Waals surface area contributed by atoms with Gasteiger partial charge < -0.3 is 5.48 Å². The minimum atomic E-state index is 0. The van der Waals surface area contributed by atoms with Gasteiger partial charge in [-0.05, 0) is 34.2 Å². The van der Waals surface area contributed by atoms with Crippen molar-refractivity contribution in [1.29, 1.82) is 0 Å². The van der Waals surface area contributed by atoms with E-state index in [4.69, 9.17) is 0 Å². The summed E-state index contributed by atoms with van der Waals surface area (Å²) in [6, 6.07) is 1.38. The molecule has 0 radical (unpaired) electrons. The molecule has 2 heteroatoms. The first kappa shape index (κ1) is 12.6. The van der Waals surface area contributed by atoms with Gasteiger partial charge in [0.2, 0.25) is 0 Å². The zero-order valence-electron chi connectivity index (χ0n) is 7.81. The third-order valence-electron chi connectivity index (χ3n) is 1.69. The van der Waals surface area contributed by atoms with Gasteiger partial charge in [0.1, 0.15) is 0 Å². The lowest BCUT2D eigenvalue weighted by molar-refractivity contribution is 0.185. The molecule has 0 rings (SSSR count). The molecule has 2 N–H and O–H groups in total. The van der Waals surface area contributed by atoms with E-state index in [1.807, 2.05) is 0 Å². The van der Waals surface area contributed by atoms with Crippen LogP contribution in [0, 0.1) is 0 Å².